The van der Waals surface area contributed by atoms with E-state index in [1.165, 1.54) is 12.1 Å². The Hall–Kier alpha value is -2.11. The summed E-state index contributed by atoms with van der Waals surface area (Å²) in [5.41, 5.74) is 1.76. The van der Waals surface area contributed by atoms with E-state index in [0.29, 0.717) is 11.6 Å². The van der Waals surface area contributed by atoms with Crippen molar-refractivity contribution in [3.8, 4) is 0 Å². The molecular formula is C18H19ClFN3O. The van der Waals surface area contributed by atoms with Crippen molar-refractivity contribution in [1.82, 2.24) is 4.90 Å². The molecule has 1 fully saturated rings. The fraction of sp³-hybridized carbons (Fsp3) is 0.278. The van der Waals surface area contributed by atoms with Gasteiger partial charge in [0.05, 0.1) is 6.54 Å². The number of benzene rings is 2. The molecule has 1 amide bonds. The van der Waals surface area contributed by atoms with Crippen LogP contribution in [0.1, 0.15) is 0 Å². The highest BCUT2D eigenvalue weighted by molar-refractivity contribution is 6.30. The molecule has 1 aliphatic heterocycles. The van der Waals surface area contributed by atoms with Crippen LogP contribution in [0.25, 0.3) is 0 Å². The molecule has 0 saturated carbocycles. The highest BCUT2D eigenvalue weighted by atomic mass is 35.5. The van der Waals surface area contributed by atoms with Gasteiger partial charge >= 0.3 is 0 Å². The molecule has 0 spiro atoms. The predicted octanol–water partition coefficient (Wildman–Crippen LogP) is 3.24. The van der Waals surface area contributed by atoms with Crippen LogP contribution in [0.3, 0.4) is 0 Å². The second-order valence-electron chi connectivity index (χ2n) is 5.79. The zero-order valence-corrected chi connectivity index (χ0v) is 14.0. The Morgan fingerprint density at radius 1 is 1.00 bits per heavy atom. The van der Waals surface area contributed by atoms with E-state index in [1.54, 1.807) is 36.4 Å². The molecule has 0 radical (unpaired) electrons. The van der Waals surface area contributed by atoms with Gasteiger partial charge in [-0.3, -0.25) is 9.69 Å². The SMILES string of the molecule is O=C(CN1CCN(c2ccc(F)cc2)CC1)Nc1ccc(Cl)cc1. The number of hydrogen-bond donors (Lipinski definition) is 1. The number of anilines is 2. The van der Waals surface area contributed by atoms with Crippen LogP contribution < -0.4 is 10.2 Å². The van der Waals surface area contributed by atoms with Crippen molar-refractivity contribution in [2.24, 2.45) is 0 Å². The Balaban J connectivity index is 1.47. The first-order valence-electron chi connectivity index (χ1n) is 7.88. The number of hydrogen-bond acceptors (Lipinski definition) is 3. The monoisotopic (exact) mass is 347 g/mol. The molecule has 0 atom stereocenters. The lowest BCUT2D eigenvalue weighted by Crippen LogP contribution is -2.48. The molecule has 2 aromatic rings. The van der Waals surface area contributed by atoms with Crippen LogP contribution in [0.15, 0.2) is 48.5 Å². The van der Waals surface area contributed by atoms with Gasteiger partial charge in [-0.25, -0.2) is 4.39 Å². The van der Waals surface area contributed by atoms with Gasteiger partial charge in [0.1, 0.15) is 5.82 Å². The number of amides is 1. The lowest BCUT2D eigenvalue weighted by atomic mass is 10.2. The van der Waals surface area contributed by atoms with Crippen LogP contribution >= 0.6 is 11.6 Å². The molecule has 1 heterocycles. The topological polar surface area (TPSA) is 35.6 Å². The summed E-state index contributed by atoms with van der Waals surface area (Å²) in [7, 11) is 0. The fourth-order valence-electron chi connectivity index (χ4n) is 2.75. The van der Waals surface area contributed by atoms with E-state index in [1.807, 2.05) is 0 Å². The summed E-state index contributed by atoms with van der Waals surface area (Å²) in [6.45, 7) is 3.59. The maximum atomic E-state index is 13.0. The van der Waals surface area contributed by atoms with Gasteiger partial charge < -0.3 is 10.2 Å². The average Bonchev–Trinajstić information content (AvgIpc) is 2.58. The molecule has 3 rings (SSSR count). The number of piperazine rings is 1. The molecule has 2 aromatic carbocycles. The molecule has 4 nitrogen and oxygen atoms in total. The van der Waals surface area contributed by atoms with E-state index < -0.39 is 0 Å². The first kappa shape index (κ1) is 16.7. The summed E-state index contributed by atoms with van der Waals surface area (Å²) in [5.74, 6) is -0.260. The number of nitrogens with one attached hydrogen (secondary N) is 1. The molecule has 0 bridgehead atoms. The number of carbonyl (C=O) groups excluding carboxylic acids is 1. The van der Waals surface area contributed by atoms with Crippen molar-refractivity contribution in [3.05, 3.63) is 59.4 Å². The van der Waals surface area contributed by atoms with Gasteiger partial charge in [0.25, 0.3) is 0 Å². The maximum Gasteiger partial charge on any atom is 0.238 e. The third-order valence-corrected chi connectivity index (χ3v) is 4.31. The van der Waals surface area contributed by atoms with Crippen LogP contribution in [0, 0.1) is 5.82 Å². The molecule has 6 heteroatoms. The van der Waals surface area contributed by atoms with Crippen LogP contribution in [-0.4, -0.2) is 43.5 Å². The molecule has 1 N–H and O–H groups in total. The first-order valence-corrected chi connectivity index (χ1v) is 8.26. The van der Waals surface area contributed by atoms with E-state index in [0.717, 1.165) is 37.6 Å². The fourth-order valence-corrected chi connectivity index (χ4v) is 2.88. The quantitative estimate of drug-likeness (QED) is 0.922. The molecule has 0 aliphatic carbocycles. The minimum Gasteiger partial charge on any atom is -0.369 e. The van der Waals surface area contributed by atoms with E-state index in [4.69, 9.17) is 11.6 Å². The Kier molecular flexibility index (Phi) is 5.33. The minimum atomic E-state index is -0.226. The van der Waals surface area contributed by atoms with Crippen molar-refractivity contribution in [2.45, 2.75) is 0 Å². The Morgan fingerprint density at radius 2 is 1.62 bits per heavy atom. The molecule has 0 aromatic heterocycles. The number of rotatable bonds is 4. The smallest absolute Gasteiger partial charge is 0.238 e. The Labute approximate surface area is 145 Å². The van der Waals surface area contributed by atoms with Crippen molar-refractivity contribution >= 4 is 28.9 Å². The molecule has 24 heavy (non-hydrogen) atoms. The zero-order chi connectivity index (χ0) is 16.9. The summed E-state index contributed by atoms with van der Waals surface area (Å²) in [6.07, 6.45) is 0. The molecule has 1 aliphatic rings. The standard InChI is InChI=1S/C18H19ClFN3O/c19-14-1-5-16(6-2-14)21-18(24)13-22-9-11-23(12-10-22)17-7-3-15(20)4-8-17/h1-8H,9-13H2,(H,21,24). The normalized spacial score (nSPS) is 15.3. The summed E-state index contributed by atoms with van der Waals surface area (Å²) >= 11 is 5.83. The van der Waals surface area contributed by atoms with Gasteiger partial charge in [-0.1, -0.05) is 11.6 Å². The van der Waals surface area contributed by atoms with Crippen molar-refractivity contribution in [1.29, 1.82) is 0 Å². The van der Waals surface area contributed by atoms with E-state index in [2.05, 4.69) is 15.1 Å². The second kappa shape index (κ2) is 7.64. The molecule has 0 unspecified atom stereocenters. The number of carbonyl (C=O) groups is 1. The number of halogens is 2. The van der Waals surface area contributed by atoms with Gasteiger partial charge in [-0.15, -0.1) is 0 Å². The maximum absolute atomic E-state index is 13.0. The lowest BCUT2D eigenvalue weighted by Gasteiger charge is -2.35. The van der Waals surface area contributed by atoms with Crippen LogP contribution in [0.5, 0.6) is 0 Å². The summed E-state index contributed by atoms with van der Waals surface area (Å²) < 4.78 is 13.0. The van der Waals surface area contributed by atoms with Gasteiger partial charge in [0.2, 0.25) is 5.91 Å². The summed E-state index contributed by atoms with van der Waals surface area (Å²) in [5, 5.41) is 3.51. The summed E-state index contributed by atoms with van der Waals surface area (Å²) in [4.78, 5) is 16.4. The summed E-state index contributed by atoms with van der Waals surface area (Å²) in [6, 6.07) is 13.6. The highest BCUT2D eigenvalue weighted by Gasteiger charge is 2.19. The Morgan fingerprint density at radius 3 is 2.25 bits per heavy atom. The molecule has 1 saturated heterocycles. The largest absolute Gasteiger partial charge is 0.369 e. The predicted molar refractivity (Wildman–Crippen MR) is 95.1 cm³/mol. The number of nitrogens with zero attached hydrogens (tertiary/aromatic N) is 2. The molecular weight excluding hydrogens is 329 g/mol. The third kappa shape index (κ3) is 4.46. The van der Waals surface area contributed by atoms with Crippen molar-refractivity contribution < 1.29 is 9.18 Å². The van der Waals surface area contributed by atoms with Gasteiger partial charge in [-0.2, -0.15) is 0 Å². The Bertz CT molecular complexity index is 682. The molecule has 126 valence electrons. The van der Waals surface area contributed by atoms with Gasteiger partial charge in [0.15, 0.2) is 0 Å². The van der Waals surface area contributed by atoms with Crippen LogP contribution in [0.4, 0.5) is 15.8 Å². The highest BCUT2D eigenvalue weighted by Crippen LogP contribution is 2.17. The van der Waals surface area contributed by atoms with Crippen molar-refractivity contribution in [3.63, 3.8) is 0 Å². The minimum absolute atomic E-state index is 0.0347. The van der Waals surface area contributed by atoms with Gasteiger partial charge in [0, 0.05) is 42.6 Å². The van der Waals surface area contributed by atoms with Crippen molar-refractivity contribution in [2.75, 3.05) is 42.9 Å². The first-order chi connectivity index (χ1) is 11.6. The van der Waals surface area contributed by atoms with E-state index in [-0.39, 0.29) is 11.7 Å². The zero-order valence-electron chi connectivity index (χ0n) is 13.2. The second-order valence-corrected chi connectivity index (χ2v) is 6.23. The van der Waals surface area contributed by atoms with Crippen LogP contribution in [-0.2, 0) is 4.79 Å². The van der Waals surface area contributed by atoms with Crippen LogP contribution in [0.2, 0.25) is 5.02 Å². The lowest BCUT2D eigenvalue weighted by molar-refractivity contribution is -0.117. The van der Waals surface area contributed by atoms with Gasteiger partial charge in [-0.05, 0) is 48.5 Å². The van der Waals surface area contributed by atoms with E-state index >= 15 is 0 Å². The average molecular weight is 348 g/mol. The van der Waals surface area contributed by atoms with E-state index in [9.17, 15) is 9.18 Å². The third-order valence-electron chi connectivity index (χ3n) is 4.06.